The summed E-state index contributed by atoms with van der Waals surface area (Å²) in [5, 5.41) is 9.52. The summed E-state index contributed by atoms with van der Waals surface area (Å²) in [6, 6.07) is 4.94. The lowest BCUT2D eigenvalue weighted by atomic mass is 10.0. The van der Waals surface area contributed by atoms with Crippen molar-refractivity contribution in [3.63, 3.8) is 0 Å². The lowest BCUT2D eigenvalue weighted by molar-refractivity contribution is 0.0597. The normalized spacial score (nSPS) is 16.9. The van der Waals surface area contributed by atoms with Crippen molar-refractivity contribution in [2.75, 3.05) is 7.11 Å². The molecule has 1 saturated carbocycles. The van der Waals surface area contributed by atoms with Crippen LogP contribution in [0.25, 0.3) is 0 Å². The molecule has 1 aliphatic carbocycles. The summed E-state index contributed by atoms with van der Waals surface area (Å²) in [5.41, 5.74) is 7.04. The predicted molar refractivity (Wildman–Crippen MR) is 59.3 cm³/mol. The van der Waals surface area contributed by atoms with E-state index in [-0.39, 0.29) is 16.9 Å². The zero-order valence-electron chi connectivity index (χ0n) is 9.19. The number of methoxy groups -OCH3 is 1. The van der Waals surface area contributed by atoms with Crippen LogP contribution in [0.4, 0.5) is 0 Å². The number of esters is 1. The van der Waals surface area contributed by atoms with E-state index in [9.17, 15) is 9.90 Å². The van der Waals surface area contributed by atoms with Crippen molar-refractivity contribution in [1.82, 2.24) is 0 Å². The second-order valence-corrected chi connectivity index (χ2v) is 4.38. The van der Waals surface area contributed by atoms with Gasteiger partial charge in [-0.25, -0.2) is 4.79 Å². The highest BCUT2D eigenvalue weighted by atomic mass is 16.5. The minimum absolute atomic E-state index is 0.0579. The second-order valence-electron chi connectivity index (χ2n) is 4.38. The molecule has 1 aromatic rings. The summed E-state index contributed by atoms with van der Waals surface area (Å²) in [5.74, 6) is -0.585. The number of carbonyl (C=O) groups is 1. The molecule has 0 atom stereocenters. The van der Waals surface area contributed by atoms with E-state index in [1.165, 1.54) is 13.2 Å². The molecule has 0 spiro atoms. The quantitative estimate of drug-likeness (QED) is 0.752. The minimum atomic E-state index is -0.527. The number of rotatable bonds is 3. The van der Waals surface area contributed by atoms with Gasteiger partial charge in [-0.15, -0.1) is 0 Å². The Balaban J connectivity index is 2.24. The van der Waals surface area contributed by atoms with Gasteiger partial charge in [0.2, 0.25) is 0 Å². The third-order valence-electron chi connectivity index (χ3n) is 2.91. The Morgan fingerprint density at radius 3 is 2.81 bits per heavy atom. The van der Waals surface area contributed by atoms with E-state index in [1.54, 1.807) is 12.1 Å². The molecular formula is C12H15NO3. The molecule has 86 valence electrons. The van der Waals surface area contributed by atoms with Crippen molar-refractivity contribution < 1.29 is 14.6 Å². The Morgan fingerprint density at radius 2 is 2.25 bits per heavy atom. The van der Waals surface area contributed by atoms with Gasteiger partial charge in [-0.1, -0.05) is 6.07 Å². The second kappa shape index (κ2) is 3.79. The third kappa shape index (κ3) is 2.17. The summed E-state index contributed by atoms with van der Waals surface area (Å²) in [7, 11) is 1.29. The van der Waals surface area contributed by atoms with Gasteiger partial charge >= 0.3 is 5.97 Å². The number of carbonyl (C=O) groups excluding carboxylic acids is 1. The summed E-state index contributed by atoms with van der Waals surface area (Å²) >= 11 is 0. The average Bonchev–Trinajstić information content (AvgIpc) is 2.98. The molecule has 1 fully saturated rings. The number of hydrogen-bond donors (Lipinski definition) is 2. The van der Waals surface area contributed by atoms with Gasteiger partial charge in [-0.3, -0.25) is 0 Å². The maximum absolute atomic E-state index is 11.4. The van der Waals surface area contributed by atoms with E-state index in [2.05, 4.69) is 4.74 Å². The van der Waals surface area contributed by atoms with Gasteiger partial charge in [0.1, 0.15) is 11.3 Å². The molecule has 3 N–H and O–H groups in total. The van der Waals surface area contributed by atoms with E-state index in [1.807, 2.05) is 0 Å². The van der Waals surface area contributed by atoms with E-state index >= 15 is 0 Å². The molecule has 0 bridgehead atoms. The maximum Gasteiger partial charge on any atom is 0.341 e. The highest BCUT2D eigenvalue weighted by molar-refractivity contribution is 5.92. The molecule has 0 unspecified atom stereocenters. The Hall–Kier alpha value is -1.55. The van der Waals surface area contributed by atoms with Crippen LogP contribution in [0, 0.1) is 0 Å². The average molecular weight is 221 g/mol. The van der Waals surface area contributed by atoms with Gasteiger partial charge in [0, 0.05) is 5.54 Å². The highest BCUT2D eigenvalue weighted by Crippen LogP contribution is 2.36. The van der Waals surface area contributed by atoms with Crippen LogP contribution in [-0.2, 0) is 11.2 Å². The first kappa shape index (κ1) is 11.0. The van der Waals surface area contributed by atoms with Crippen LogP contribution >= 0.6 is 0 Å². The van der Waals surface area contributed by atoms with Gasteiger partial charge in [0.05, 0.1) is 7.11 Å². The molecule has 0 aromatic heterocycles. The smallest absolute Gasteiger partial charge is 0.341 e. The number of nitrogens with two attached hydrogens (primary N) is 1. The lowest BCUT2D eigenvalue weighted by Crippen LogP contribution is -2.24. The summed E-state index contributed by atoms with van der Waals surface area (Å²) in [4.78, 5) is 11.4. The van der Waals surface area contributed by atoms with E-state index < -0.39 is 5.97 Å². The first-order chi connectivity index (χ1) is 7.54. The van der Waals surface area contributed by atoms with E-state index in [0.29, 0.717) is 0 Å². The fraction of sp³-hybridized carbons (Fsp3) is 0.417. The molecule has 4 heteroatoms. The predicted octanol–water partition coefficient (Wildman–Crippen LogP) is 1.21. The van der Waals surface area contributed by atoms with Crippen molar-refractivity contribution in [1.29, 1.82) is 0 Å². The fourth-order valence-corrected chi connectivity index (χ4v) is 1.71. The van der Waals surface area contributed by atoms with E-state index in [0.717, 1.165) is 24.8 Å². The molecule has 0 amide bonds. The van der Waals surface area contributed by atoms with Crippen LogP contribution in [0.15, 0.2) is 18.2 Å². The Kier molecular flexibility index (Phi) is 2.59. The zero-order chi connectivity index (χ0) is 11.8. The van der Waals surface area contributed by atoms with Crippen LogP contribution in [0.3, 0.4) is 0 Å². The van der Waals surface area contributed by atoms with Crippen LogP contribution in [0.5, 0.6) is 5.75 Å². The van der Waals surface area contributed by atoms with Crippen molar-refractivity contribution in [3.8, 4) is 5.75 Å². The lowest BCUT2D eigenvalue weighted by Gasteiger charge is -2.10. The van der Waals surface area contributed by atoms with Gasteiger partial charge in [0.15, 0.2) is 0 Å². The van der Waals surface area contributed by atoms with Crippen molar-refractivity contribution in [2.45, 2.75) is 24.8 Å². The van der Waals surface area contributed by atoms with Crippen LogP contribution in [0.1, 0.15) is 28.8 Å². The summed E-state index contributed by atoms with van der Waals surface area (Å²) in [6.45, 7) is 0. The Morgan fingerprint density at radius 1 is 1.56 bits per heavy atom. The molecule has 1 aliphatic rings. The first-order valence-electron chi connectivity index (χ1n) is 5.23. The van der Waals surface area contributed by atoms with Crippen LogP contribution in [-0.4, -0.2) is 23.7 Å². The molecule has 0 radical (unpaired) electrons. The number of ether oxygens (including phenoxy) is 1. The zero-order valence-corrected chi connectivity index (χ0v) is 9.19. The third-order valence-corrected chi connectivity index (χ3v) is 2.91. The molecule has 0 heterocycles. The molecule has 2 rings (SSSR count). The van der Waals surface area contributed by atoms with E-state index in [4.69, 9.17) is 5.73 Å². The standard InChI is InChI=1S/C12H15NO3/c1-16-11(15)9-6-8(2-3-10(9)14)7-12(13)4-5-12/h2-3,6,14H,4-5,7,13H2,1H3. The summed E-state index contributed by atoms with van der Waals surface area (Å²) < 4.78 is 4.59. The van der Waals surface area contributed by atoms with Gasteiger partial charge in [-0.2, -0.15) is 0 Å². The summed E-state index contributed by atoms with van der Waals surface area (Å²) in [6.07, 6.45) is 2.76. The molecule has 0 aliphatic heterocycles. The van der Waals surface area contributed by atoms with Gasteiger partial charge in [-0.05, 0) is 37.0 Å². The SMILES string of the molecule is COC(=O)c1cc(CC2(N)CC2)ccc1O. The van der Waals surface area contributed by atoms with Crippen LogP contribution in [0.2, 0.25) is 0 Å². The van der Waals surface area contributed by atoms with Crippen LogP contribution < -0.4 is 5.73 Å². The Bertz CT molecular complexity index is 424. The molecule has 4 nitrogen and oxygen atoms in total. The number of hydrogen-bond acceptors (Lipinski definition) is 4. The maximum atomic E-state index is 11.4. The molecule has 0 saturated heterocycles. The molecule has 1 aromatic carbocycles. The van der Waals surface area contributed by atoms with Crippen molar-refractivity contribution >= 4 is 5.97 Å². The number of phenolic OH excluding ortho intramolecular Hbond substituents is 1. The van der Waals surface area contributed by atoms with Crippen molar-refractivity contribution in [2.24, 2.45) is 5.73 Å². The van der Waals surface area contributed by atoms with Gasteiger partial charge in [0.25, 0.3) is 0 Å². The topological polar surface area (TPSA) is 72.5 Å². The van der Waals surface area contributed by atoms with Gasteiger partial charge < -0.3 is 15.6 Å². The minimum Gasteiger partial charge on any atom is -0.507 e. The highest BCUT2D eigenvalue weighted by Gasteiger charge is 2.38. The fourth-order valence-electron chi connectivity index (χ4n) is 1.71. The molecular weight excluding hydrogens is 206 g/mol. The largest absolute Gasteiger partial charge is 0.507 e. The Labute approximate surface area is 94.0 Å². The number of benzene rings is 1. The number of phenols is 1. The number of aromatic hydroxyl groups is 1. The van der Waals surface area contributed by atoms with Crippen molar-refractivity contribution in [3.05, 3.63) is 29.3 Å². The first-order valence-corrected chi connectivity index (χ1v) is 5.23. The monoisotopic (exact) mass is 221 g/mol. The molecule has 16 heavy (non-hydrogen) atoms.